The van der Waals surface area contributed by atoms with Gasteiger partial charge in [0.05, 0.1) is 34.8 Å². The number of carbonyl (C=O) groups excluding carboxylic acids is 7. The first kappa shape index (κ1) is 44.2. The van der Waals surface area contributed by atoms with E-state index in [1.807, 2.05) is 75.4 Å². The molecule has 62 heavy (non-hydrogen) atoms. The third-order valence-corrected chi connectivity index (χ3v) is 11.2. The topological polar surface area (TPSA) is 157 Å². The molecule has 2 saturated heterocycles. The van der Waals surface area contributed by atoms with E-state index in [-0.39, 0.29) is 23.3 Å². The molecule has 4 unspecified atom stereocenters. The molecular weight excluding hydrogens is 791 g/mol. The Balaban J connectivity index is 0.000000208. The normalized spacial score (nSPS) is 19.0. The fraction of sp³-hybridized carbons (Fsp3) is 0.245. The lowest BCUT2D eigenvalue weighted by Crippen LogP contribution is -2.50. The molecule has 4 atom stereocenters. The monoisotopic (exact) mass is 837 g/mol. The number of nitrogens with zero attached hydrogens (tertiary/aromatic N) is 3. The Morgan fingerprint density at radius 3 is 1.85 bits per heavy atom. The van der Waals surface area contributed by atoms with Crippen molar-refractivity contribution in [3.05, 3.63) is 139 Å². The van der Waals surface area contributed by atoms with Gasteiger partial charge in [-0.05, 0) is 92.1 Å². The molecule has 0 aromatic heterocycles. The first-order valence-electron chi connectivity index (χ1n) is 20.0. The molecule has 13 heteroatoms. The van der Waals surface area contributed by atoms with E-state index in [2.05, 4.69) is 6.58 Å². The minimum atomic E-state index is -0.825. The number of anilines is 2. The molecule has 2 aliphatic heterocycles. The van der Waals surface area contributed by atoms with Crippen LogP contribution in [0, 0.1) is 29.1 Å². The number of hydrogen-bond acceptors (Lipinski definition) is 10. The maximum atomic E-state index is 13.0. The summed E-state index contributed by atoms with van der Waals surface area (Å²) in [5.74, 6) is -4.74. The minimum absolute atomic E-state index is 0.164. The molecule has 3 aliphatic rings. The van der Waals surface area contributed by atoms with Crippen molar-refractivity contribution in [3.8, 4) is 17.2 Å². The molecule has 318 valence electrons. The van der Waals surface area contributed by atoms with Crippen LogP contribution in [0.5, 0.6) is 17.2 Å². The van der Waals surface area contributed by atoms with E-state index in [0.29, 0.717) is 24.5 Å². The van der Waals surface area contributed by atoms with Gasteiger partial charge < -0.3 is 19.1 Å². The lowest BCUT2D eigenvalue weighted by atomic mass is 9.59. The number of amides is 5. The maximum Gasteiger partial charge on any atom is 0.336 e. The summed E-state index contributed by atoms with van der Waals surface area (Å²) in [6, 6.07) is 29.6. The first-order valence-corrected chi connectivity index (χ1v) is 20.0. The van der Waals surface area contributed by atoms with Crippen LogP contribution in [0.4, 0.5) is 11.4 Å². The van der Waals surface area contributed by atoms with Gasteiger partial charge in [0.25, 0.3) is 5.91 Å². The van der Waals surface area contributed by atoms with Gasteiger partial charge in [-0.15, -0.1) is 0 Å². The molecule has 3 fully saturated rings. The Kier molecular flexibility index (Phi) is 13.4. The number of likely N-dealkylation sites (tertiary alicyclic amines) is 1. The summed E-state index contributed by atoms with van der Waals surface area (Å²) in [5, 5.41) is 0. The van der Waals surface area contributed by atoms with Crippen molar-refractivity contribution in [2.45, 2.75) is 27.2 Å². The lowest BCUT2D eigenvalue weighted by molar-refractivity contribution is -0.146. The highest BCUT2D eigenvalue weighted by Gasteiger charge is 2.73. The van der Waals surface area contributed by atoms with Crippen LogP contribution in [0.25, 0.3) is 12.2 Å². The van der Waals surface area contributed by atoms with Crippen LogP contribution in [-0.4, -0.2) is 67.1 Å². The van der Waals surface area contributed by atoms with Crippen LogP contribution < -0.4 is 24.0 Å². The molecule has 7 rings (SSSR count). The number of fused-ring (bicyclic) bond motifs is 4. The summed E-state index contributed by atoms with van der Waals surface area (Å²) < 4.78 is 16.2. The Labute approximate surface area is 359 Å². The second kappa shape index (κ2) is 18.9. The summed E-state index contributed by atoms with van der Waals surface area (Å²) in [6.07, 6.45) is 8.53. The number of benzene rings is 4. The number of carbonyl (C=O) groups is 7. The van der Waals surface area contributed by atoms with E-state index < -0.39 is 58.7 Å². The van der Waals surface area contributed by atoms with Gasteiger partial charge in [-0.1, -0.05) is 68.1 Å². The van der Waals surface area contributed by atoms with Gasteiger partial charge in [-0.3, -0.25) is 33.7 Å². The Morgan fingerprint density at radius 2 is 1.26 bits per heavy atom. The lowest BCUT2D eigenvalue weighted by Gasteiger charge is -2.36. The fourth-order valence-electron chi connectivity index (χ4n) is 7.12. The molecular formula is C49H47N3O10. The standard InChI is InChI=1S/C25H29NO4.C24H18N2O6/c1-6-18-29-21-13-8-19(9-14-21)10-17-23(27)26(5)20-11-15-22(16-12-20)30-24(28)25(3,4)7-2;1-25-21(28)17-18(22(25)29)20-19(17)23(30)26(24(20)31)14-8-5-9-15(12-14)32-16(27)11-10-13-6-3-2-4-7-13/h6,8-17H,1,7,18H2,2-5H3;2-12,17-20H,1H3/b17-10+;11-10+. The zero-order chi connectivity index (χ0) is 44.7. The molecule has 0 bridgehead atoms. The van der Waals surface area contributed by atoms with Gasteiger partial charge in [-0.25, -0.2) is 9.69 Å². The molecule has 4 aromatic rings. The summed E-state index contributed by atoms with van der Waals surface area (Å²) >= 11 is 0. The predicted octanol–water partition coefficient (Wildman–Crippen LogP) is 6.92. The molecule has 13 nitrogen and oxygen atoms in total. The second-order valence-electron chi connectivity index (χ2n) is 15.5. The van der Waals surface area contributed by atoms with Crippen LogP contribution >= 0.6 is 0 Å². The van der Waals surface area contributed by atoms with Crippen molar-refractivity contribution in [2.75, 3.05) is 30.5 Å². The molecule has 0 spiro atoms. The predicted molar refractivity (Wildman–Crippen MR) is 233 cm³/mol. The van der Waals surface area contributed by atoms with Crippen LogP contribution in [0.3, 0.4) is 0 Å². The first-order chi connectivity index (χ1) is 29.6. The molecule has 0 radical (unpaired) electrons. The summed E-state index contributed by atoms with van der Waals surface area (Å²) in [7, 11) is 3.07. The molecule has 2 heterocycles. The molecule has 1 aliphatic carbocycles. The van der Waals surface area contributed by atoms with Gasteiger partial charge in [0.2, 0.25) is 23.6 Å². The summed E-state index contributed by atoms with van der Waals surface area (Å²) in [4.78, 5) is 90.9. The average molecular weight is 838 g/mol. The third-order valence-electron chi connectivity index (χ3n) is 11.2. The van der Waals surface area contributed by atoms with Crippen molar-refractivity contribution >= 4 is 65.0 Å². The SMILES string of the molecule is C=CCOc1ccc(/C=C/C(=O)N(C)c2ccc(OC(=O)C(C)(C)CC)cc2)cc1.CN1C(=O)C2C(C1=O)C1C(=O)N(c3cccc(OC(=O)/C=C/c4ccccc4)c3)C(=O)C21. The van der Waals surface area contributed by atoms with Crippen LogP contribution in [0.15, 0.2) is 128 Å². The fourth-order valence-corrected chi connectivity index (χ4v) is 7.12. The zero-order valence-electron chi connectivity index (χ0n) is 35.1. The number of esters is 2. The highest BCUT2D eigenvalue weighted by atomic mass is 16.5. The highest BCUT2D eigenvalue weighted by molar-refractivity contribution is 6.27. The second-order valence-corrected chi connectivity index (χ2v) is 15.5. The van der Waals surface area contributed by atoms with Crippen LogP contribution in [-0.2, 0) is 33.6 Å². The maximum absolute atomic E-state index is 13.0. The Morgan fingerprint density at radius 1 is 0.694 bits per heavy atom. The van der Waals surface area contributed by atoms with E-state index in [1.165, 1.54) is 36.2 Å². The number of likely N-dealkylation sites (N-methyl/N-ethyl adjacent to an activating group) is 1. The van der Waals surface area contributed by atoms with E-state index in [4.69, 9.17) is 14.2 Å². The van der Waals surface area contributed by atoms with E-state index in [9.17, 15) is 33.6 Å². The Bertz CT molecular complexity index is 2400. The van der Waals surface area contributed by atoms with Gasteiger partial charge in [-0.2, -0.15) is 0 Å². The molecule has 1 saturated carbocycles. The summed E-state index contributed by atoms with van der Waals surface area (Å²) in [5.41, 5.74) is 2.13. The van der Waals surface area contributed by atoms with Gasteiger partial charge in [0, 0.05) is 38.0 Å². The van der Waals surface area contributed by atoms with Crippen molar-refractivity contribution in [2.24, 2.45) is 29.1 Å². The van der Waals surface area contributed by atoms with Gasteiger partial charge >= 0.3 is 11.9 Å². The number of hydrogen-bond donors (Lipinski definition) is 0. The van der Waals surface area contributed by atoms with Crippen LogP contribution in [0.1, 0.15) is 38.3 Å². The van der Waals surface area contributed by atoms with E-state index in [0.717, 1.165) is 26.7 Å². The summed E-state index contributed by atoms with van der Waals surface area (Å²) in [6.45, 7) is 9.72. The third kappa shape index (κ3) is 9.47. The van der Waals surface area contributed by atoms with Crippen molar-refractivity contribution in [3.63, 3.8) is 0 Å². The molecule has 0 N–H and O–H groups in total. The van der Waals surface area contributed by atoms with Crippen molar-refractivity contribution in [1.82, 2.24) is 4.90 Å². The minimum Gasteiger partial charge on any atom is -0.490 e. The number of rotatable bonds is 13. The van der Waals surface area contributed by atoms with Crippen molar-refractivity contribution in [1.29, 1.82) is 0 Å². The number of imide groups is 2. The number of ether oxygens (including phenoxy) is 3. The molecule has 4 aromatic carbocycles. The average Bonchev–Trinajstić information content (AvgIpc) is 3.58. The van der Waals surface area contributed by atoms with E-state index >= 15 is 0 Å². The van der Waals surface area contributed by atoms with Crippen LogP contribution in [0.2, 0.25) is 0 Å². The smallest absolute Gasteiger partial charge is 0.336 e. The van der Waals surface area contributed by atoms with E-state index in [1.54, 1.807) is 61.7 Å². The van der Waals surface area contributed by atoms with Gasteiger partial charge in [0.15, 0.2) is 0 Å². The quantitative estimate of drug-likeness (QED) is 0.0455. The largest absolute Gasteiger partial charge is 0.490 e. The Hall–Kier alpha value is -7.41. The zero-order valence-corrected chi connectivity index (χ0v) is 35.1. The van der Waals surface area contributed by atoms with Crippen molar-refractivity contribution < 1.29 is 47.8 Å². The molecule has 5 amide bonds. The van der Waals surface area contributed by atoms with Gasteiger partial charge in [0.1, 0.15) is 23.9 Å². The highest BCUT2D eigenvalue weighted by Crippen LogP contribution is 2.56.